The fourth-order valence-corrected chi connectivity index (χ4v) is 3.45. The Morgan fingerprint density at radius 2 is 1.88 bits per heavy atom. The van der Waals surface area contributed by atoms with Gasteiger partial charge in [-0.25, -0.2) is 9.78 Å². The van der Waals surface area contributed by atoms with Crippen LogP contribution in [0.5, 0.6) is 0 Å². The number of para-hydroxylation sites is 1. The van der Waals surface area contributed by atoms with Gasteiger partial charge in [0.1, 0.15) is 0 Å². The zero-order chi connectivity index (χ0) is 17.1. The summed E-state index contributed by atoms with van der Waals surface area (Å²) in [5.41, 5.74) is 1.90. The summed E-state index contributed by atoms with van der Waals surface area (Å²) < 4.78 is 1.67. The Morgan fingerprint density at radius 1 is 1.17 bits per heavy atom. The van der Waals surface area contributed by atoms with E-state index in [1.807, 2.05) is 25.1 Å². The van der Waals surface area contributed by atoms with Gasteiger partial charge >= 0.3 is 5.97 Å². The minimum Gasteiger partial charge on any atom is -0.478 e. The van der Waals surface area contributed by atoms with Crippen LogP contribution >= 0.6 is 11.8 Å². The number of aromatic carboxylic acids is 1. The number of nitrogens with zero attached hydrogens (tertiary/aromatic N) is 2. The molecule has 0 spiro atoms. The van der Waals surface area contributed by atoms with Crippen LogP contribution in [-0.2, 0) is 12.3 Å². The van der Waals surface area contributed by atoms with Gasteiger partial charge in [0.2, 0.25) is 0 Å². The first-order valence-electron chi connectivity index (χ1n) is 7.54. The Morgan fingerprint density at radius 3 is 2.54 bits per heavy atom. The Hall–Kier alpha value is -2.60. The summed E-state index contributed by atoms with van der Waals surface area (Å²) in [5.74, 6) is -0.324. The van der Waals surface area contributed by atoms with Crippen molar-refractivity contribution in [1.29, 1.82) is 0 Å². The van der Waals surface area contributed by atoms with Gasteiger partial charge in [-0.1, -0.05) is 36.0 Å². The molecule has 6 heteroatoms. The standard InChI is InChI=1S/C18H16N2O3S/c1-2-20-16(21)14-5-3-4-6-15(14)19-18(20)24-11-12-7-9-13(10-8-12)17(22)23/h3-10H,2,11H2,1H3,(H,22,23). The van der Waals surface area contributed by atoms with Crippen molar-refractivity contribution in [2.45, 2.75) is 24.4 Å². The minimum absolute atomic E-state index is 0.0353. The first-order valence-corrected chi connectivity index (χ1v) is 8.53. The van der Waals surface area contributed by atoms with Crippen LogP contribution in [0.3, 0.4) is 0 Å². The van der Waals surface area contributed by atoms with Gasteiger partial charge in [-0.05, 0) is 36.8 Å². The molecule has 24 heavy (non-hydrogen) atoms. The second-order valence-electron chi connectivity index (χ2n) is 5.25. The van der Waals surface area contributed by atoms with Crippen LogP contribution in [-0.4, -0.2) is 20.6 Å². The highest BCUT2D eigenvalue weighted by Crippen LogP contribution is 2.22. The van der Waals surface area contributed by atoms with Crippen molar-refractivity contribution in [2.24, 2.45) is 0 Å². The van der Waals surface area contributed by atoms with Crippen LogP contribution < -0.4 is 5.56 Å². The number of thioether (sulfide) groups is 1. The van der Waals surface area contributed by atoms with E-state index in [1.165, 1.54) is 11.8 Å². The number of carboxylic acids is 1. The number of aromatic nitrogens is 2. The molecule has 0 unspecified atom stereocenters. The van der Waals surface area contributed by atoms with Crippen LogP contribution in [0.4, 0.5) is 0 Å². The average Bonchev–Trinajstić information content (AvgIpc) is 2.60. The first kappa shape index (κ1) is 16.3. The fraction of sp³-hybridized carbons (Fsp3) is 0.167. The van der Waals surface area contributed by atoms with Gasteiger partial charge in [-0.2, -0.15) is 0 Å². The number of carbonyl (C=O) groups is 1. The molecule has 0 aliphatic rings. The third-order valence-corrected chi connectivity index (χ3v) is 4.76. The van der Waals surface area contributed by atoms with Crippen molar-refractivity contribution in [1.82, 2.24) is 9.55 Å². The van der Waals surface area contributed by atoms with Gasteiger partial charge in [-0.3, -0.25) is 9.36 Å². The molecule has 2 aromatic carbocycles. The van der Waals surface area contributed by atoms with E-state index in [0.29, 0.717) is 28.4 Å². The Kier molecular flexibility index (Phi) is 4.66. The summed E-state index contributed by atoms with van der Waals surface area (Å²) in [4.78, 5) is 28.0. The summed E-state index contributed by atoms with van der Waals surface area (Å²) in [7, 11) is 0. The normalized spacial score (nSPS) is 10.9. The van der Waals surface area contributed by atoms with Gasteiger partial charge in [0, 0.05) is 12.3 Å². The van der Waals surface area contributed by atoms with Crippen LogP contribution in [0.15, 0.2) is 58.5 Å². The van der Waals surface area contributed by atoms with Crippen molar-refractivity contribution < 1.29 is 9.90 Å². The molecule has 0 bridgehead atoms. The van der Waals surface area contributed by atoms with Crippen LogP contribution in [0.25, 0.3) is 10.9 Å². The lowest BCUT2D eigenvalue weighted by molar-refractivity contribution is 0.0697. The SMILES string of the molecule is CCn1c(SCc2ccc(C(=O)O)cc2)nc2ccccc2c1=O. The van der Waals surface area contributed by atoms with Gasteiger partial charge in [0.05, 0.1) is 16.5 Å². The molecule has 5 nitrogen and oxygen atoms in total. The van der Waals surface area contributed by atoms with Crippen LogP contribution in [0.2, 0.25) is 0 Å². The quantitative estimate of drug-likeness (QED) is 0.569. The molecule has 0 aliphatic carbocycles. The minimum atomic E-state index is -0.940. The lowest BCUT2D eigenvalue weighted by atomic mass is 10.1. The molecule has 1 heterocycles. The number of hydrogen-bond acceptors (Lipinski definition) is 4. The number of rotatable bonds is 5. The topological polar surface area (TPSA) is 72.2 Å². The van der Waals surface area contributed by atoms with Crippen molar-refractivity contribution in [2.75, 3.05) is 0 Å². The molecular weight excluding hydrogens is 324 g/mol. The Balaban J connectivity index is 1.89. The van der Waals surface area contributed by atoms with Gasteiger partial charge < -0.3 is 5.11 Å². The molecule has 0 saturated heterocycles. The maximum absolute atomic E-state index is 12.6. The predicted molar refractivity (Wildman–Crippen MR) is 94.6 cm³/mol. The van der Waals surface area contributed by atoms with Crippen molar-refractivity contribution in [3.05, 3.63) is 70.0 Å². The number of carboxylic acid groups (broad SMARTS) is 1. The first-order chi connectivity index (χ1) is 11.6. The molecule has 3 aromatic rings. The van der Waals surface area contributed by atoms with Crippen LogP contribution in [0, 0.1) is 0 Å². The molecule has 0 atom stereocenters. The van der Waals surface area contributed by atoms with E-state index >= 15 is 0 Å². The molecule has 1 aromatic heterocycles. The van der Waals surface area contributed by atoms with E-state index in [1.54, 1.807) is 34.9 Å². The highest BCUT2D eigenvalue weighted by molar-refractivity contribution is 7.98. The predicted octanol–water partition coefficient (Wildman–Crippen LogP) is 3.41. The van der Waals surface area contributed by atoms with Gasteiger partial charge in [-0.15, -0.1) is 0 Å². The largest absolute Gasteiger partial charge is 0.478 e. The zero-order valence-corrected chi connectivity index (χ0v) is 13.9. The van der Waals surface area contributed by atoms with Crippen molar-refractivity contribution in [3.8, 4) is 0 Å². The van der Waals surface area contributed by atoms with E-state index in [0.717, 1.165) is 5.56 Å². The molecule has 0 fully saturated rings. The number of fused-ring (bicyclic) bond motifs is 1. The molecule has 0 saturated carbocycles. The van der Waals surface area contributed by atoms with Crippen molar-refractivity contribution in [3.63, 3.8) is 0 Å². The molecule has 1 N–H and O–H groups in total. The molecule has 0 aliphatic heterocycles. The van der Waals surface area contributed by atoms with E-state index in [2.05, 4.69) is 4.98 Å². The molecule has 0 radical (unpaired) electrons. The molecule has 122 valence electrons. The van der Waals surface area contributed by atoms with E-state index in [9.17, 15) is 9.59 Å². The zero-order valence-electron chi connectivity index (χ0n) is 13.1. The fourth-order valence-electron chi connectivity index (χ4n) is 2.43. The third kappa shape index (κ3) is 3.19. The maximum Gasteiger partial charge on any atom is 0.335 e. The van der Waals surface area contributed by atoms with E-state index in [4.69, 9.17) is 5.11 Å². The highest BCUT2D eigenvalue weighted by atomic mass is 32.2. The number of hydrogen-bond donors (Lipinski definition) is 1. The lowest BCUT2D eigenvalue weighted by Gasteiger charge is -2.11. The Bertz CT molecular complexity index is 949. The smallest absolute Gasteiger partial charge is 0.335 e. The van der Waals surface area contributed by atoms with E-state index < -0.39 is 5.97 Å². The Labute approximate surface area is 143 Å². The summed E-state index contributed by atoms with van der Waals surface area (Å²) >= 11 is 1.47. The molecule has 3 rings (SSSR count). The molecular formula is C18H16N2O3S. The lowest BCUT2D eigenvalue weighted by Crippen LogP contribution is -2.22. The van der Waals surface area contributed by atoms with Crippen molar-refractivity contribution >= 4 is 28.6 Å². The highest BCUT2D eigenvalue weighted by Gasteiger charge is 2.10. The van der Waals surface area contributed by atoms with Crippen LogP contribution in [0.1, 0.15) is 22.8 Å². The molecule has 0 amide bonds. The summed E-state index contributed by atoms with van der Waals surface area (Å²) in [5, 5.41) is 10.2. The third-order valence-electron chi connectivity index (χ3n) is 3.71. The maximum atomic E-state index is 12.6. The second-order valence-corrected chi connectivity index (χ2v) is 6.19. The monoisotopic (exact) mass is 340 g/mol. The van der Waals surface area contributed by atoms with Gasteiger partial charge in [0.15, 0.2) is 5.16 Å². The average molecular weight is 340 g/mol. The number of benzene rings is 2. The second kappa shape index (κ2) is 6.88. The summed E-state index contributed by atoms with van der Waals surface area (Å²) in [6.07, 6.45) is 0. The summed E-state index contributed by atoms with van der Waals surface area (Å²) in [6.45, 7) is 2.47. The van der Waals surface area contributed by atoms with E-state index in [-0.39, 0.29) is 11.1 Å². The van der Waals surface area contributed by atoms with Gasteiger partial charge in [0.25, 0.3) is 5.56 Å². The summed E-state index contributed by atoms with van der Waals surface area (Å²) in [6, 6.07) is 14.1.